The summed E-state index contributed by atoms with van der Waals surface area (Å²) in [5.74, 6) is 1.17. The van der Waals surface area contributed by atoms with Gasteiger partial charge in [-0.05, 0) is 55.8 Å². The molecule has 0 bridgehead atoms. The van der Waals surface area contributed by atoms with Gasteiger partial charge in [-0.1, -0.05) is 31.9 Å². The van der Waals surface area contributed by atoms with Gasteiger partial charge in [0.2, 0.25) is 0 Å². The molecule has 7 nitrogen and oxygen atoms in total. The van der Waals surface area contributed by atoms with Gasteiger partial charge in [0.05, 0.1) is 25.1 Å². The minimum absolute atomic E-state index is 0.324. The number of ether oxygens (including phenoxy) is 2. The van der Waals surface area contributed by atoms with E-state index in [2.05, 4.69) is 27.6 Å². The van der Waals surface area contributed by atoms with Crippen molar-refractivity contribution in [1.29, 1.82) is 0 Å². The van der Waals surface area contributed by atoms with E-state index in [1.807, 2.05) is 55.5 Å². The zero-order chi connectivity index (χ0) is 21.9. The van der Waals surface area contributed by atoms with E-state index in [1.54, 1.807) is 12.3 Å². The van der Waals surface area contributed by atoms with E-state index in [4.69, 9.17) is 9.47 Å². The number of rotatable bonds is 11. The monoisotopic (exact) mass is 420 g/mol. The first-order chi connectivity index (χ1) is 15.2. The average molecular weight is 421 g/mol. The number of benzene rings is 2. The fourth-order valence-electron chi connectivity index (χ4n) is 2.95. The van der Waals surface area contributed by atoms with Gasteiger partial charge in [-0.15, -0.1) is 0 Å². The number of carbonyl (C=O) groups is 1. The van der Waals surface area contributed by atoms with E-state index in [0.29, 0.717) is 24.6 Å². The molecule has 0 aliphatic carbocycles. The summed E-state index contributed by atoms with van der Waals surface area (Å²) >= 11 is 0. The Hall–Kier alpha value is -3.61. The molecule has 0 fully saturated rings. The predicted octanol–water partition coefficient (Wildman–Crippen LogP) is 4.81. The lowest BCUT2D eigenvalue weighted by molar-refractivity contribution is 0.0950. The molecule has 0 spiro atoms. The Morgan fingerprint density at radius 1 is 1.10 bits per heavy atom. The van der Waals surface area contributed by atoms with Crippen LogP contribution in [-0.4, -0.2) is 35.5 Å². The topological polar surface area (TPSA) is 88.6 Å². The van der Waals surface area contributed by atoms with E-state index >= 15 is 0 Å². The van der Waals surface area contributed by atoms with Gasteiger partial charge in [0.1, 0.15) is 17.2 Å². The Kier molecular flexibility index (Phi) is 8.22. The Morgan fingerprint density at radius 3 is 2.68 bits per heavy atom. The van der Waals surface area contributed by atoms with Crippen LogP contribution in [0.2, 0.25) is 0 Å². The van der Waals surface area contributed by atoms with Crippen LogP contribution < -0.4 is 14.9 Å². The fraction of sp³-hybridized carbons (Fsp3) is 0.292. The van der Waals surface area contributed by atoms with Gasteiger partial charge in [-0.25, -0.2) is 5.43 Å². The molecule has 0 radical (unpaired) electrons. The Morgan fingerprint density at radius 2 is 1.90 bits per heavy atom. The molecule has 0 aliphatic rings. The molecule has 2 aromatic carbocycles. The van der Waals surface area contributed by atoms with Crippen molar-refractivity contribution in [3.63, 3.8) is 0 Å². The lowest BCUT2D eigenvalue weighted by Gasteiger charge is -2.08. The number of amides is 1. The highest BCUT2D eigenvalue weighted by molar-refractivity contribution is 5.94. The Labute approximate surface area is 182 Å². The summed E-state index contributed by atoms with van der Waals surface area (Å²) < 4.78 is 11.3. The van der Waals surface area contributed by atoms with Crippen LogP contribution in [0, 0.1) is 0 Å². The first-order valence-corrected chi connectivity index (χ1v) is 10.5. The summed E-state index contributed by atoms with van der Waals surface area (Å²) in [4.78, 5) is 12.4. The minimum Gasteiger partial charge on any atom is -0.494 e. The van der Waals surface area contributed by atoms with E-state index in [-0.39, 0.29) is 5.91 Å². The van der Waals surface area contributed by atoms with Crippen LogP contribution in [0.4, 0.5) is 0 Å². The van der Waals surface area contributed by atoms with Crippen LogP contribution in [0.1, 0.15) is 49.2 Å². The SMILES string of the molecule is CCCCCOc1ccccc1/C=N/NC(=O)c1cc(-c2ccc(OCC)cc2)n[nH]1. The number of aromatic nitrogens is 2. The Bertz CT molecular complexity index is 996. The quantitative estimate of drug-likeness (QED) is 0.265. The number of para-hydroxylation sites is 1. The molecule has 0 saturated heterocycles. The maximum absolute atomic E-state index is 12.4. The van der Waals surface area contributed by atoms with Crippen molar-refractivity contribution in [1.82, 2.24) is 15.6 Å². The molecule has 7 heteroatoms. The van der Waals surface area contributed by atoms with Gasteiger partial charge in [0.15, 0.2) is 0 Å². The maximum atomic E-state index is 12.4. The summed E-state index contributed by atoms with van der Waals surface area (Å²) in [6, 6.07) is 16.8. The number of hydrogen-bond acceptors (Lipinski definition) is 5. The van der Waals surface area contributed by atoms with Gasteiger partial charge in [-0.3, -0.25) is 9.89 Å². The van der Waals surface area contributed by atoms with Crippen LogP contribution in [0.25, 0.3) is 11.3 Å². The standard InChI is InChI=1S/C24H28N4O3/c1-3-5-8-15-31-23-10-7-6-9-19(23)17-25-28-24(29)22-16-21(26-27-22)18-11-13-20(14-12-18)30-4-2/h6-7,9-14,16-17H,3-5,8,15H2,1-2H3,(H,26,27)(H,28,29)/b25-17+. The molecular formula is C24H28N4O3. The molecule has 3 aromatic rings. The van der Waals surface area contributed by atoms with Crippen molar-refractivity contribution >= 4 is 12.1 Å². The number of nitrogens with zero attached hydrogens (tertiary/aromatic N) is 2. The highest BCUT2D eigenvalue weighted by Gasteiger charge is 2.11. The fourth-order valence-corrected chi connectivity index (χ4v) is 2.95. The number of hydrogen-bond donors (Lipinski definition) is 2. The maximum Gasteiger partial charge on any atom is 0.289 e. The number of carbonyl (C=O) groups excluding carboxylic acids is 1. The lowest BCUT2D eigenvalue weighted by Crippen LogP contribution is -2.18. The third kappa shape index (κ3) is 6.44. The molecule has 0 atom stereocenters. The van der Waals surface area contributed by atoms with Crippen LogP contribution in [-0.2, 0) is 0 Å². The highest BCUT2D eigenvalue weighted by atomic mass is 16.5. The molecular weight excluding hydrogens is 392 g/mol. The normalized spacial score (nSPS) is 10.9. The third-order valence-corrected chi connectivity index (χ3v) is 4.58. The molecule has 0 saturated carbocycles. The second kappa shape index (κ2) is 11.5. The second-order valence-electron chi connectivity index (χ2n) is 6.92. The molecule has 31 heavy (non-hydrogen) atoms. The summed E-state index contributed by atoms with van der Waals surface area (Å²) in [6.07, 6.45) is 4.87. The zero-order valence-corrected chi connectivity index (χ0v) is 17.9. The number of hydrazone groups is 1. The average Bonchev–Trinajstić information content (AvgIpc) is 3.29. The summed E-state index contributed by atoms with van der Waals surface area (Å²) in [6.45, 7) is 5.37. The third-order valence-electron chi connectivity index (χ3n) is 4.58. The largest absolute Gasteiger partial charge is 0.494 e. The van der Waals surface area contributed by atoms with Crippen molar-refractivity contribution in [2.45, 2.75) is 33.1 Å². The van der Waals surface area contributed by atoms with Crippen LogP contribution in [0.5, 0.6) is 11.5 Å². The highest BCUT2D eigenvalue weighted by Crippen LogP contribution is 2.21. The van der Waals surface area contributed by atoms with E-state index in [0.717, 1.165) is 41.9 Å². The molecule has 2 N–H and O–H groups in total. The number of H-pyrrole nitrogens is 1. The Balaban J connectivity index is 1.58. The van der Waals surface area contributed by atoms with Crippen molar-refractivity contribution in [3.05, 3.63) is 65.9 Å². The molecule has 1 amide bonds. The van der Waals surface area contributed by atoms with E-state index in [1.165, 1.54) is 0 Å². The van der Waals surface area contributed by atoms with Crippen molar-refractivity contribution in [2.24, 2.45) is 5.10 Å². The van der Waals surface area contributed by atoms with Crippen molar-refractivity contribution in [2.75, 3.05) is 13.2 Å². The summed E-state index contributed by atoms with van der Waals surface area (Å²) in [5.41, 5.74) is 5.21. The molecule has 0 unspecified atom stereocenters. The lowest BCUT2D eigenvalue weighted by atomic mass is 10.1. The van der Waals surface area contributed by atoms with Crippen LogP contribution >= 0.6 is 0 Å². The van der Waals surface area contributed by atoms with Gasteiger partial charge in [0, 0.05) is 11.1 Å². The second-order valence-corrected chi connectivity index (χ2v) is 6.92. The molecule has 3 rings (SSSR count). The van der Waals surface area contributed by atoms with Gasteiger partial charge in [-0.2, -0.15) is 10.2 Å². The van der Waals surface area contributed by atoms with Gasteiger partial charge >= 0.3 is 0 Å². The number of aromatic amines is 1. The summed E-state index contributed by atoms with van der Waals surface area (Å²) in [5, 5.41) is 11.0. The summed E-state index contributed by atoms with van der Waals surface area (Å²) in [7, 11) is 0. The predicted molar refractivity (Wildman–Crippen MR) is 122 cm³/mol. The van der Waals surface area contributed by atoms with Crippen LogP contribution in [0.3, 0.4) is 0 Å². The minimum atomic E-state index is -0.373. The number of unbranched alkanes of at least 4 members (excludes halogenated alkanes) is 2. The van der Waals surface area contributed by atoms with E-state index < -0.39 is 0 Å². The molecule has 0 aliphatic heterocycles. The smallest absolute Gasteiger partial charge is 0.289 e. The zero-order valence-electron chi connectivity index (χ0n) is 17.9. The van der Waals surface area contributed by atoms with Crippen molar-refractivity contribution in [3.8, 4) is 22.8 Å². The molecule has 162 valence electrons. The van der Waals surface area contributed by atoms with Gasteiger partial charge in [0.25, 0.3) is 5.91 Å². The van der Waals surface area contributed by atoms with E-state index in [9.17, 15) is 4.79 Å². The first kappa shape index (κ1) is 22.1. The van der Waals surface area contributed by atoms with Crippen LogP contribution in [0.15, 0.2) is 59.7 Å². The van der Waals surface area contributed by atoms with Crippen molar-refractivity contribution < 1.29 is 14.3 Å². The number of nitrogens with one attached hydrogen (secondary N) is 2. The molecule has 1 aromatic heterocycles. The molecule has 1 heterocycles. The first-order valence-electron chi connectivity index (χ1n) is 10.5. The van der Waals surface area contributed by atoms with Gasteiger partial charge < -0.3 is 9.47 Å².